The van der Waals surface area contributed by atoms with Gasteiger partial charge in [-0.3, -0.25) is 4.79 Å². The zero-order valence-electron chi connectivity index (χ0n) is 19.4. The van der Waals surface area contributed by atoms with Crippen molar-refractivity contribution in [2.45, 2.75) is 12.8 Å². The highest BCUT2D eigenvalue weighted by atomic mass is 16.5. The first kappa shape index (κ1) is 24.4. The molecule has 0 bridgehead atoms. The number of hydrogen-bond donors (Lipinski definition) is 1. The van der Waals surface area contributed by atoms with E-state index in [-0.39, 0.29) is 5.91 Å². The fraction of sp³-hybridized carbons (Fsp3) is 0.185. The second-order valence-electron chi connectivity index (χ2n) is 7.43. The van der Waals surface area contributed by atoms with Crippen LogP contribution in [-0.4, -0.2) is 33.2 Å². The summed E-state index contributed by atoms with van der Waals surface area (Å²) in [6.07, 6.45) is 2.61. The summed E-state index contributed by atoms with van der Waals surface area (Å²) in [6, 6.07) is 19.9. The third-order valence-corrected chi connectivity index (χ3v) is 5.07. The number of esters is 1. The molecule has 0 aliphatic heterocycles. The van der Waals surface area contributed by atoms with E-state index in [1.54, 1.807) is 62.8 Å². The number of carbonyl (C=O) groups excluding carboxylic acids is 2. The minimum Gasteiger partial charge on any atom is -0.497 e. The number of primary amides is 1. The van der Waals surface area contributed by atoms with E-state index in [1.807, 2.05) is 24.3 Å². The second-order valence-corrected chi connectivity index (χ2v) is 7.43. The molecule has 176 valence electrons. The van der Waals surface area contributed by atoms with Gasteiger partial charge >= 0.3 is 5.97 Å². The van der Waals surface area contributed by atoms with Crippen molar-refractivity contribution >= 4 is 23.5 Å². The van der Waals surface area contributed by atoms with Crippen molar-refractivity contribution in [1.82, 2.24) is 0 Å². The molecule has 3 aromatic carbocycles. The number of rotatable bonds is 10. The van der Waals surface area contributed by atoms with Gasteiger partial charge in [-0.2, -0.15) is 0 Å². The molecule has 0 unspecified atom stereocenters. The summed E-state index contributed by atoms with van der Waals surface area (Å²) in [5.41, 5.74) is 7.98. The average Bonchev–Trinajstić information content (AvgIpc) is 2.86. The van der Waals surface area contributed by atoms with E-state index in [9.17, 15) is 9.59 Å². The summed E-state index contributed by atoms with van der Waals surface area (Å²) >= 11 is 0. The van der Waals surface area contributed by atoms with Gasteiger partial charge in [0.2, 0.25) is 5.91 Å². The van der Waals surface area contributed by atoms with Crippen LogP contribution in [0.3, 0.4) is 0 Å². The Morgan fingerprint density at radius 3 is 1.85 bits per heavy atom. The average molecular weight is 462 g/mol. The van der Waals surface area contributed by atoms with Crippen LogP contribution in [0.25, 0.3) is 11.6 Å². The second kappa shape index (κ2) is 11.6. The van der Waals surface area contributed by atoms with Crippen LogP contribution >= 0.6 is 0 Å². The van der Waals surface area contributed by atoms with Crippen LogP contribution in [0.2, 0.25) is 0 Å². The smallest absolute Gasteiger partial charge is 0.338 e. The Kier molecular flexibility index (Phi) is 8.29. The van der Waals surface area contributed by atoms with Gasteiger partial charge in [-0.1, -0.05) is 24.3 Å². The number of aryl methyl sites for hydroxylation is 1. The van der Waals surface area contributed by atoms with Gasteiger partial charge in [-0.05, 0) is 65.6 Å². The Labute approximate surface area is 198 Å². The Bertz CT molecular complexity index is 1140. The number of amides is 1. The van der Waals surface area contributed by atoms with Crippen molar-refractivity contribution in [3.05, 3.63) is 83.4 Å². The molecular formula is C27H27NO6. The van der Waals surface area contributed by atoms with Gasteiger partial charge < -0.3 is 24.7 Å². The zero-order chi connectivity index (χ0) is 24.5. The van der Waals surface area contributed by atoms with Crippen molar-refractivity contribution in [2.24, 2.45) is 5.73 Å². The normalized spacial score (nSPS) is 11.0. The maximum absolute atomic E-state index is 12.5. The Hall–Kier alpha value is -4.26. The van der Waals surface area contributed by atoms with Crippen LogP contribution < -0.4 is 19.9 Å². The predicted molar refractivity (Wildman–Crippen MR) is 130 cm³/mol. The third-order valence-electron chi connectivity index (χ3n) is 5.07. The fourth-order valence-corrected chi connectivity index (χ4v) is 3.28. The Morgan fingerprint density at radius 1 is 0.794 bits per heavy atom. The maximum Gasteiger partial charge on any atom is 0.338 e. The summed E-state index contributed by atoms with van der Waals surface area (Å²) in [5.74, 6) is 1.69. The molecule has 0 saturated carbocycles. The lowest BCUT2D eigenvalue weighted by Crippen LogP contribution is -2.11. The van der Waals surface area contributed by atoms with Crippen LogP contribution in [0.5, 0.6) is 23.0 Å². The molecule has 0 radical (unpaired) electrons. The topological polar surface area (TPSA) is 97.1 Å². The van der Waals surface area contributed by atoms with Crippen LogP contribution in [0.4, 0.5) is 0 Å². The Balaban J connectivity index is 1.80. The number of hydrogen-bond acceptors (Lipinski definition) is 6. The van der Waals surface area contributed by atoms with Crippen LogP contribution in [0, 0.1) is 0 Å². The molecule has 2 N–H and O–H groups in total. The highest BCUT2D eigenvalue weighted by molar-refractivity contribution is 6.21. The van der Waals surface area contributed by atoms with E-state index in [1.165, 1.54) is 7.11 Å². The van der Waals surface area contributed by atoms with E-state index in [2.05, 4.69) is 0 Å². The van der Waals surface area contributed by atoms with Gasteiger partial charge in [0.15, 0.2) is 0 Å². The molecule has 0 saturated heterocycles. The fourth-order valence-electron chi connectivity index (χ4n) is 3.28. The first-order valence-electron chi connectivity index (χ1n) is 10.6. The number of ether oxygens (including phenoxy) is 4. The molecule has 1 amide bonds. The number of benzene rings is 3. The van der Waals surface area contributed by atoms with E-state index in [4.69, 9.17) is 24.7 Å². The van der Waals surface area contributed by atoms with Crippen molar-refractivity contribution < 1.29 is 28.5 Å². The molecule has 7 heteroatoms. The molecule has 0 spiro atoms. The lowest BCUT2D eigenvalue weighted by atomic mass is 10.0. The van der Waals surface area contributed by atoms with Crippen LogP contribution in [-0.2, 0) is 20.7 Å². The number of carbonyl (C=O) groups is 2. The van der Waals surface area contributed by atoms with Gasteiger partial charge in [-0.25, -0.2) is 4.79 Å². The first-order valence-corrected chi connectivity index (χ1v) is 10.6. The summed E-state index contributed by atoms with van der Waals surface area (Å²) in [6.45, 7) is 0. The first-order chi connectivity index (χ1) is 16.4. The zero-order valence-corrected chi connectivity index (χ0v) is 19.4. The van der Waals surface area contributed by atoms with Crippen LogP contribution in [0.1, 0.15) is 23.1 Å². The molecule has 3 aromatic rings. The standard InChI is InChI=1S/C27H27NO6/c1-31-23-14-19(15-24(17-23)32-2)16-25(27(30)33-3)20-7-11-22(12-8-20)34-21-9-4-18(5-10-21)6-13-26(28)29/h4-5,7-12,14-17H,6,13H2,1-3H3,(H2,28,29)/b25-16-. The molecule has 0 aromatic heterocycles. The monoisotopic (exact) mass is 461 g/mol. The summed E-state index contributed by atoms with van der Waals surface area (Å²) < 4.78 is 21.5. The molecule has 3 rings (SSSR count). The van der Waals surface area contributed by atoms with Gasteiger partial charge in [0, 0.05) is 12.5 Å². The number of nitrogens with two attached hydrogens (primary N) is 1. The van der Waals surface area contributed by atoms with Crippen molar-refractivity contribution in [2.75, 3.05) is 21.3 Å². The molecule has 0 atom stereocenters. The molecule has 0 aliphatic rings. The van der Waals surface area contributed by atoms with E-state index in [0.717, 1.165) is 11.1 Å². The predicted octanol–water partition coefficient (Wildman–Crippen LogP) is 4.63. The molecule has 0 heterocycles. The highest BCUT2D eigenvalue weighted by Crippen LogP contribution is 2.29. The quantitative estimate of drug-likeness (QED) is 0.269. The van der Waals surface area contributed by atoms with E-state index in [0.29, 0.717) is 47.0 Å². The van der Waals surface area contributed by atoms with E-state index < -0.39 is 5.97 Å². The number of methoxy groups -OCH3 is 3. The Morgan fingerprint density at radius 2 is 1.35 bits per heavy atom. The van der Waals surface area contributed by atoms with Gasteiger partial charge in [0.1, 0.15) is 23.0 Å². The van der Waals surface area contributed by atoms with Gasteiger partial charge in [0.05, 0.1) is 26.9 Å². The van der Waals surface area contributed by atoms with Crippen LogP contribution in [0.15, 0.2) is 66.7 Å². The maximum atomic E-state index is 12.5. The molecule has 0 aliphatic carbocycles. The van der Waals surface area contributed by atoms with Crippen molar-refractivity contribution in [1.29, 1.82) is 0 Å². The lowest BCUT2D eigenvalue weighted by molar-refractivity contribution is -0.133. The summed E-state index contributed by atoms with van der Waals surface area (Å²) in [4.78, 5) is 23.4. The lowest BCUT2D eigenvalue weighted by Gasteiger charge is -2.10. The highest BCUT2D eigenvalue weighted by Gasteiger charge is 2.14. The van der Waals surface area contributed by atoms with Crippen molar-refractivity contribution in [3.8, 4) is 23.0 Å². The largest absolute Gasteiger partial charge is 0.497 e. The van der Waals surface area contributed by atoms with Crippen molar-refractivity contribution in [3.63, 3.8) is 0 Å². The van der Waals surface area contributed by atoms with Gasteiger partial charge in [0.25, 0.3) is 0 Å². The molecule has 7 nitrogen and oxygen atoms in total. The SMILES string of the molecule is COC(=O)/C(=C\c1cc(OC)cc(OC)c1)c1ccc(Oc2ccc(CCC(N)=O)cc2)cc1. The van der Waals surface area contributed by atoms with E-state index >= 15 is 0 Å². The summed E-state index contributed by atoms with van der Waals surface area (Å²) in [5, 5.41) is 0. The molecular weight excluding hydrogens is 434 g/mol. The molecule has 34 heavy (non-hydrogen) atoms. The minimum atomic E-state index is -0.470. The third kappa shape index (κ3) is 6.62. The summed E-state index contributed by atoms with van der Waals surface area (Å²) in [7, 11) is 4.47. The molecule has 0 fully saturated rings. The minimum absolute atomic E-state index is 0.306. The van der Waals surface area contributed by atoms with Gasteiger partial charge in [-0.15, -0.1) is 0 Å².